The van der Waals surface area contributed by atoms with Crippen LogP contribution in [0.2, 0.25) is 10.0 Å². The molecule has 5 rings (SSSR count). The average Bonchev–Trinajstić information content (AvgIpc) is 2.91. The molecule has 2 aliphatic carbocycles. The molecule has 0 atom stereocenters. The van der Waals surface area contributed by atoms with Gasteiger partial charge in [-0.2, -0.15) is 0 Å². The summed E-state index contributed by atoms with van der Waals surface area (Å²) in [5.41, 5.74) is 5.61. The molecule has 1 heterocycles. The fraction of sp³-hybridized carbons (Fsp3) is 0.419. The van der Waals surface area contributed by atoms with Crippen LogP contribution in [0.25, 0.3) is 0 Å². The smallest absolute Gasteiger partial charge is 0.174 e. The highest BCUT2D eigenvalue weighted by atomic mass is 127. The minimum absolute atomic E-state index is 0.153. The van der Waals surface area contributed by atoms with Crippen LogP contribution in [0.5, 0.6) is 11.5 Å². The second-order valence-corrected chi connectivity index (χ2v) is 12.1. The van der Waals surface area contributed by atoms with Gasteiger partial charge in [-0.15, -0.1) is 0 Å². The van der Waals surface area contributed by atoms with Crippen LogP contribution in [0, 0.1) is 3.57 Å². The third kappa shape index (κ3) is 5.62. The Kier molecular flexibility index (Phi) is 8.94. The summed E-state index contributed by atoms with van der Waals surface area (Å²) in [5.74, 6) is 1.16. The molecule has 0 radical (unpaired) electrons. The van der Waals surface area contributed by atoms with Crippen molar-refractivity contribution in [1.29, 1.82) is 0 Å². The number of halogens is 3. The van der Waals surface area contributed by atoms with Gasteiger partial charge in [-0.25, -0.2) is 0 Å². The summed E-state index contributed by atoms with van der Waals surface area (Å²) in [7, 11) is 0. The van der Waals surface area contributed by atoms with Crippen LogP contribution in [0.15, 0.2) is 52.9 Å². The van der Waals surface area contributed by atoms with Crippen LogP contribution in [0.3, 0.4) is 0 Å². The van der Waals surface area contributed by atoms with Crippen molar-refractivity contribution in [2.24, 2.45) is 0 Å². The van der Waals surface area contributed by atoms with Crippen molar-refractivity contribution >= 4 is 57.4 Å². The Balaban J connectivity index is 1.60. The van der Waals surface area contributed by atoms with E-state index in [1.807, 2.05) is 25.1 Å². The quantitative estimate of drug-likeness (QED) is 0.262. The molecule has 0 aromatic heterocycles. The van der Waals surface area contributed by atoms with Crippen LogP contribution in [0.4, 0.5) is 0 Å². The SMILES string of the molecule is CCCN1C2=C(C(=O)CCC2)C(c2cc(I)c(OCc3ccc(Cl)c(Cl)c3)c(OCC)c2)C2=C1CCCC2=O. The minimum Gasteiger partial charge on any atom is -0.490 e. The summed E-state index contributed by atoms with van der Waals surface area (Å²) < 4.78 is 13.2. The van der Waals surface area contributed by atoms with E-state index in [2.05, 4.69) is 34.4 Å². The van der Waals surface area contributed by atoms with Gasteiger partial charge in [0.1, 0.15) is 6.61 Å². The standard InChI is InChI=1S/C31H32Cl2INO4/c1-3-13-35-23-7-5-9-25(36)29(23)28(30-24(35)8-6-10-26(30)37)19-15-22(34)31(27(16-19)38-4-2)39-17-18-11-12-20(32)21(33)14-18/h11-12,14-16,28H,3-10,13,17H2,1-2H3. The molecule has 2 aromatic rings. The Morgan fingerprint density at radius 3 is 2.15 bits per heavy atom. The van der Waals surface area contributed by atoms with Crippen LogP contribution < -0.4 is 9.47 Å². The van der Waals surface area contributed by atoms with Crippen LogP contribution >= 0.6 is 45.8 Å². The first-order valence-corrected chi connectivity index (χ1v) is 15.5. The largest absolute Gasteiger partial charge is 0.490 e. The van der Waals surface area contributed by atoms with E-state index >= 15 is 0 Å². The highest BCUT2D eigenvalue weighted by Gasteiger charge is 2.43. The molecule has 8 heteroatoms. The molecule has 0 saturated carbocycles. The molecule has 5 nitrogen and oxygen atoms in total. The molecule has 3 aliphatic rings. The number of carbonyl (C=O) groups excluding carboxylic acids is 2. The second kappa shape index (κ2) is 12.2. The Hall–Kier alpha value is -2.03. The van der Waals surface area contributed by atoms with E-state index in [1.54, 1.807) is 12.1 Å². The van der Waals surface area contributed by atoms with Gasteiger partial charge in [0, 0.05) is 47.8 Å². The normalized spacial score (nSPS) is 17.9. The molecular formula is C31H32Cl2INO4. The van der Waals surface area contributed by atoms with Crippen LogP contribution in [0.1, 0.15) is 75.8 Å². The van der Waals surface area contributed by atoms with Gasteiger partial charge in [0.25, 0.3) is 0 Å². The van der Waals surface area contributed by atoms with Crippen molar-refractivity contribution in [2.45, 2.75) is 71.3 Å². The highest BCUT2D eigenvalue weighted by Crippen LogP contribution is 2.50. The van der Waals surface area contributed by atoms with E-state index in [4.69, 9.17) is 32.7 Å². The molecular weight excluding hydrogens is 648 g/mol. The van der Waals surface area contributed by atoms with Crippen molar-refractivity contribution in [2.75, 3.05) is 13.2 Å². The third-order valence-corrected chi connectivity index (χ3v) is 9.11. The van der Waals surface area contributed by atoms with Crippen LogP contribution in [-0.2, 0) is 16.2 Å². The maximum Gasteiger partial charge on any atom is 0.174 e. The van der Waals surface area contributed by atoms with E-state index in [9.17, 15) is 9.59 Å². The van der Waals surface area contributed by atoms with Gasteiger partial charge in [-0.1, -0.05) is 36.2 Å². The summed E-state index contributed by atoms with van der Waals surface area (Å²) in [6.45, 7) is 5.66. The highest BCUT2D eigenvalue weighted by molar-refractivity contribution is 14.1. The number of allylic oxidation sites excluding steroid dienone is 4. The van der Waals surface area contributed by atoms with Gasteiger partial charge in [0.05, 0.1) is 20.2 Å². The van der Waals surface area contributed by atoms with Crippen molar-refractivity contribution in [3.8, 4) is 11.5 Å². The van der Waals surface area contributed by atoms with Crippen molar-refractivity contribution < 1.29 is 19.1 Å². The molecule has 0 N–H and O–H groups in total. The molecule has 206 valence electrons. The number of Topliss-reactive ketones (excluding diaryl/α,β-unsaturated/α-hetero) is 2. The number of carbonyl (C=O) groups is 2. The van der Waals surface area contributed by atoms with Gasteiger partial charge in [-0.3, -0.25) is 9.59 Å². The molecule has 2 aromatic carbocycles. The maximum atomic E-state index is 13.5. The van der Waals surface area contributed by atoms with Gasteiger partial charge in [0.2, 0.25) is 0 Å². The number of hydrogen-bond acceptors (Lipinski definition) is 5. The van der Waals surface area contributed by atoms with E-state index in [0.29, 0.717) is 47.6 Å². The topological polar surface area (TPSA) is 55.8 Å². The molecule has 0 amide bonds. The van der Waals surface area contributed by atoms with Gasteiger partial charge >= 0.3 is 0 Å². The summed E-state index contributed by atoms with van der Waals surface area (Å²) >= 11 is 14.5. The molecule has 39 heavy (non-hydrogen) atoms. The monoisotopic (exact) mass is 679 g/mol. The van der Waals surface area contributed by atoms with Crippen molar-refractivity contribution in [1.82, 2.24) is 4.90 Å². The predicted octanol–water partition coefficient (Wildman–Crippen LogP) is 8.40. The molecule has 1 aliphatic heterocycles. The van der Waals surface area contributed by atoms with E-state index in [0.717, 1.165) is 75.9 Å². The number of ketones is 2. The predicted molar refractivity (Wildman–Crippen MR) is 163 cm³/mol. The first-order valence-electron chi connectivity index (χ1n) is 13.7. The Bertz CT molecular complexity index is 1340. The zero-order valence-corrected chi connectivity index (χ0v) is 25.9. The number of benzene rings is 2. The summed E-state index contributed by atoms with van der Waals surface area (Å²) in [5, 5.41) is 0.973. The number of rotatable bonds is 8. The Morgan fingerprint density at radius 1 is 0.897 bits per heavy atom. The van der Waals surface area contributed by atoms with Gasteiger partial charge < -0.3 is 14.4 Å². The minimum atomic E-state index is -0.374. The van der Waals surface area contributed by atoms with Crippen LogP contribution in [-0.4, -0.2) is 29.6 Å². The van der Waals surface area contributed by atoms with E-state index in [1.165, 1.54) is 0 Å². The lowest BCUT2D eigenvalue weighted by atomic mass is 9.71. The lowest BCUT2D eigenvalue weighted by Gasteiger charge is -2.44. The average molecular weight is 680 g/mol. The zero-order valence-electron chi connectivity index (χ0n) is 22.2. The van der Waals surface area contributed by atoms with E-state index in [-0.39, 0.29) is 17.5 Å². The zero-order chi connectivity index (χ0) is 27.7. The molecule has 0 unspecified atom stereocenters. The number of hydrogen-bond donors (Lipinski definition) is 0. The van der Waals surface area contributed by atoms with Gasteiger partial charge in [0.15, 0.2) is 23.1 Å². The summed E-state index contributed by atoms with van der Waals surface area (Å²) in [6.07, 6.45) is 5.43. The number of nitrogens with zero attached hydrogens (tertiary/aromatic N) is 1. The summed E-state index contributed by atoms with van der Waals surface area (Å²) in [6, 6.07) is 9.44. The molecule has 0 saturated heterocycles. The summed E-state index contributed by atoms with van der Waals surface area (Å²) in [4.78, 5) is 29.3. The maximum absolute atomic E-state index is 13.5. The lowest BCUT2D eigenvalue weighted by molar-refractivity contribution is -0.117. The molecule has 0 spiro atoms. The number of ether oxygens (including phenoxy) is 2. The first-order chi connectivity index (χ1) is 18.8. The first kappa shape index (κ1) is 28.5. The Morgan fingerprint density at radius 2 is 1.56 bits per heavy atom. The fourth-order valence-corrected chi connectivity index (χ4v) is 7.09. The van der Waals surface area contributed by atoms with Crippen molar-refractivity contribution in [3.63, 3.8) is 0 Å². The second-order valence-electron chi connectivity index (χ2n) is 10.2. The molecule has 0 bridgehead atoms. The third-order valence-electron chi connectivity index (χ3n) is 7.57. The van der Waals surface area contributed by atoms with E-state index < -0.39 is 0 Å². The Labute approximate surface area is 253 Å². The van der Waals surface area contributed by atoms with Crippen molar-refractivity contribution in [3.05, 3.63) is 77.6 Å². The lowest BCUT2D eigenvalue weighted by Crippen LogP contribution is -2.39. The molecule has 0 fully saturated rings. The fourth-order valence-electron chi connectivity index (χ4n) is 5.99. The van der Waals surface area contributed by atoms with Gasteiger partial charge in [-0.05, 0) is 97.0 Å².